The molecule has 0 unspecified atom stereocenters. The second-order valence-electron chi connectivity index (χ2n) is 7.76. The molecule has 6 nitrogen and oxygen atoms in total. The maximum absolute atomic E-state index is 5.80. The minimum absolute atomic E-state index is 0.493. The summed E-state index contributed by atoms with van der Waals surface area (Å²) in [5.41, 5.74) is 1.46. The SMILES string of the molecule is C1CCc2c(sc3nc(C4CC4)nc(NCc4nnc(C5CC5)o4)c23)C1. The molecule has 3 aromatic rings. The Balaban J connectivity index is 1.36. The van der Waals surface area contributed by atoms with E-state index in [4.69, 9.17) is 14.4 Å². The van der Waals surface area contributed by atoms with Crippen LogP contribution in [0.1, 0.15) is 78.4 Å². The van der Waals surface area contributed by atoms with E-state index in [0.717, 1.165) is 28.8 Å². The molecule has 0 amide bonds. The normalized spacial score (nSPS) is 19.7. The van der Waals surface area contributed by atoms with Crippen molar-refractivity contribution in [3.8, 4) is 0 Å². The van der Waals surface area contributed by atoms with Gasteiger partial charge in [0.05, 0.1) is 11.9 Å². The van der Waals surface area contributed by atoms with Crippen LogP contribution in [-0.2, 0) is 19.4 Å². The zero-order valence-electron chi connectivity index (χ0n) is 14.6. The van der Waals surface area contributed by atoms with Gasteiger partial charge in [-0.25, -0.2) is 9.97 Å². The van der Waals surface area contributed by atoms with E-state index in [-0.39, 0.29) is 0 Å². The van der Waals surface area contributed by atoms with E-state index in [9.17, 15) is 0 Å². The van der Waals surface area contributed by atoms with Gasteiger partial charge < -0.3 is 9.73 Å². The summed E-state index contributed by atoms with van der Waals surface area (Å²) < 4.78 is 5.80. The Bertz CT molecular complexity index is 985. The number of fused-ring (bicyclic) bond motifs is 3. The molecule has 0 radical (unpaired) electrons. The molecule has 3 heterocycles. The lowest BCUT2D eigenvalue weighted by atomic mass is 9.97. The van der Waals surface area contributed by atoms with E-state index < -0.39 is 0 Å². The monoisotopic (exact) mass is 367 g/mol. The summed E-state index contributed by atoms with van der Waals surface area (Å²) in [6.07, 6.45) is 9.65. The maximum atomic E-state index is 5.80. The Morgan fingerprint density at radius 3 is 2.69 bits per heavy atom. The fraction of sp³-hybridized carbons (Fsp3) is 0.579. The molecule has 0 spiro atoms. The lowest BCUT2D eigenvalue weighted by Gasteiger charge is -2.12. The number of nitrogens with zero attached hydrogens (tertiary/aromatic N) is 4. The summed E-state index contributed by atoms with van der Waals surface area (Å²) in [5.74, 6) is 4.44. The molecular weight excluding hydrogens is 346 g/mol. The van der Waals surface area contributed by atoms with Crippen LogP contribution < -0.4 is 5.32 Å². The lowest BCUT2D eigenvalue weighted by molar-refractivity contribution is 0.457. The van der Waals surface area contributed by atoms with Crippen molar-refractivity contribution in [3.05, 3.63) is 28.0 Å². The van der Waals surface area contributed by atoms with Gasteiger partial charge in [-0.1, -0.05) is 0 Å². The van der Waals surface area contributed by atoms with Gasteiger partial charge in [0.2, 0.25) is 11.8 Å². The second-order valence-corrected chi connectivity index (χ2v) is 8.84. The summed E-state index contributed by atoms with van der Waals surface area (Å²) in [6, 6.07) is 0. The second kappa shape index (κ2) is 5.74. The molecule has 0 bridgehead atoms. The number of aromatic nitrogens is 4. The molecule has 1 N–H and O–H groups in total. The minimum atomic E-state index is 0.493. The number of aryl methyl sites for hydroxylation is 2. The molecule has 3 aromatic heterocycles. The first-order valence-corrected chi connectivity index (χ1v) is 10.5. The maximum Gasteiger partial charge on any atom is 0.235 e. The van der Waals surface area contributed by atoms with Crippen molar-refractivity contribution in [2.45, 2.75) is 69.7 Å². The fourth-order valence-electron chi connectivity index (χ4n) is 3.82. The largest absolute Gasteiger partial charge is 0.423 e. The third-order valence-corrected chi connectivity index (χ3v) is 6.78. The van der Waals surface area contributed by atoms with Gasteiger partial charge >= 0.3 is 0 Å². The zero-order valence-corrected chi connectivity index (χ0v) is 15.4. The first-order valence-electron chi connectivity index (χ1n) is 9.73. The molecule has 0 aliphatic heterocycles. The summed E-state index contributed by atoms with van der Waals surface area (Å²) in [6.45, 7) is 0.528. The van der Waals surface area contributed by atoms with Gasteiger partial charge in [0.15, 0.2) is 0 Å². The van der Waals surface area contributed by atoms with Crippen LogP contribution in [0, 0.1) is 0 Å². The van der Waals surface area contributed by atoms with Crippen molar-refractivity contribution in [2.75, 3.05) is 5.32 Å². The fourth-order valence-corrected chi connectivity index (χ4v) is 5.09. The van der Waals surface area contributed by atoms with Crippen LogP contribution in [0.5, 0.6) is 0 Å². The van der Waals surface area contributed by atoms with E-state index in [0.29, 0.717) is 24.3 Å². The van der Waals surface area contributed by atoms with Gasteiger partial charge in [0, 0.05) is 16.7 Å². The Hall–Kier alpha value is -2.02. The van der Waals surface area contributed by atoms with Crippen molar-refractivity contribution in [3.63, 3.8) is 0 Å². The highest BCUT2D eigenvalue weighted by Gasteiger charge is 2.31. The molecule has 0 atom stereocenters. The van der Waals surface area contributed by atoms with E-state index in [1.165, 1.54) is 60.8 Å². The highest BCUT2D eigenvalue weighted by atomic mass is 32.1. The van der Waals surface area contributed by atoms with Crippen LogP contribution in [-0.4, -0.2) is 20.2 Å². The predicted octanol–water partition coefficient (Wildman–Crippen LogP) is 4.32. The Morgan fingerprint density at radius 2 is 1.85 bits per heavy atom. The molecule has 2 fully saturated rings. The van der Waals surface area contributed by atoms with Crippen LogP contribution in [0.3, 0.4) is 0 Å². The van der Waals surface area contributed by atoms with Crippen molar-refractivity contribution in [1.82, 2.24) is 20.2 Å². The summed E-state index contributed by atoms with van der Waals surface area (Å²) >= 11 is 1.87. The van der Waals surface area contributed by atoms with Crippen molar-refractivity contribution in [1.29, 1.82) is 0 Å². The van der Waals surface area contributed by atoms with Gasteiger partial charge in [-0.05, 0) is 56.9 Å². The molecule has 2 saturated carbocycles. The van der Waals surface area contributed by atoms with Crippen LogP contribution in [0.25, 0.3) is 10.2 Å². The number of hydrogen-bond donors (Lipinski definition) is 1. The molecule has 0 aromatic carbocycles. The molecule has 6 rings (SSSR count). The summed E-state index contributed by atoms with van der Waals surface area (Å²) in [4.78, 5) is 12.5. The number of anilines is 1. The molecule has 26 heavy (non-hydrogen) atoms. The quantitative estimate of drug-likeness (QED) is 0.724. The molecule has 3 aliphatic carbocycles. The predicted molar refractivity (Wildman–Crippen MR) is 99.6 cm³/mol. The number of rotatable bonds is 5. The van der Waals surface area contributed by atoms with Crippen molar-refractivity contribution < 1.29 is 4.42 Å². The molecule has 0 saturated heterocycles. The average molecular weight is 367 g/mol. The van der Waals surface area contributed by atoms with Crippen molar-refractivity contribution >= 4 is 27.4 Å². The van der Waals surface area contributed by atoms with Gasteiger partial charge in [-0.15, -0.1) is 21.5 Å². The molecule has 134 valence electrons. The average Bonchev–Trinajstić information content (AvgIpc) is 3.59. The van der Waals surface area contributed by atoms with Gasteiger partial charge in [0.1, 0.15) is 16.5 Å². The third kappa shape index (κ3) is 2.60. The van der Waals surface area contributed by atoms with E-state index in [1.54, 1.807) is 0 Å². The smallest absolute Gasteiger partial charge is 0.235 e. The highest BCUT2D eigenvalue weighted by molar-refractivity contribution is 7.19. The van der Waals surface area contributed by atoms with E-state index in [2.05, 4.69) is 15.5 Å². The highest BCUT2D eigenvalue weighted by Crippen LogP contribution is 2.43. The topological polar surface area (TPSA) is 76.7 Å². The minimum Gasteiger partial charge on any atom is -0.423 e. The first-order chi connectivity index (χ1) is 12.8. The van der Waals surface area contributed by atoms with Gasteiger partial charge in [-0.3, -0.25) is 0 Å². The van der Waals surface area contributed by atoms with Crippen molar-refractivity contribution in [2.24, 2.45) is 0 Å². The van der Waals surface area contributed by atoms with Crippen LogP contribution in [0.2, 0.25) is 0 Å². The van der Waals surface area contributed by atoms with Crippen LogP contribution in [0.15, 0.2) is 4.42 Å². The Kier molecular flexibility index (Phi) is 3.33. The summed E-state index contributed by atoms with van der Waals surface area (Å²) in [7, 11) is 0. The summed E-state index contributed by atoms with van der Waals surface area (Å²) in [5, 5.41) is 13.1. The van der Waals surface area contributed by atoms with Gasteiger partial charge in [0.25, 0.3) is 0 Å². The Morgan fingerprint density at radius 1 is 1.00 bits per heavy atom. The van der Waals surface area contributed by atoms with Gasteiger partial charge in [-0.2, -0.15) is 0 Å². The number of nitrogens with one attached hydrogen (secondary N) is 1. The van der Waals surface area contributed by atoms with Crippen LogP contribution in [0.4, 0.5) is 5.82 Å². The van der Waals surface area contributed by atoms with E-state index in [1.807, 2.05) is 11.3 Å². The third-order valence-electron chi connectivity index (χ3n) is 5.59. The van der Waals surface area contributed by atoms with E-state index >= 15 is 0 Å². The molecular formula is C19H21N5OS. The standard InChI is InChI=1S/C19H21N5OS/c1-2-4-13-12(3-1)15-17(21-16(10-5-6-10)22-19(15)26-13)20-9-14-23-24-18(25-14)11-7-8-11/h10-11H,1-9H2,(H,20,21,22). The molecule has 3 aliphatic rings. The number of hydrogen-bond acceptors (Lipinski definition) is 7. The lowest BCUT2D eigenvalue weighted by Crippen LogP contribution is -2.06. The first kappa shape index (κ1) is 15.1. The Labute approximate surface area is 155 Å². The number of thiophene rings is 1. The zero-order chi connectivity index (χ0) is 17.1. The molecule has 7 heteroatoms. The van der Waals surface area contributed by atoms with Crippen LogP contribution >= 0.6 is 11.3 Å².